The van der Waals surface area contributed by atoms with Crippen molar-refractivity contribution in [1.29, 1.82) is 0 Å². The van der Waals surface area contributed by atoms with Gasteiger partial charge in [-0.15, -0.1) is 12.4 Å². The first-order chi connectivity index (χ1) is 11.5. The molecule has 0 radical (unpaired) electrons. The maximum Gasteiger partial charge on any atom is 0.227 e. The normalized spacial score (nSPS) is 24.1. The first-order valence-electron chi connectivity index (χ1n) is 9.00. The fourth-order valence-corrected chi connectivity index (χ4v) is 3.82. The number of nitrogens with one attached hydrogen (secondary N) is 1. The zero-order valence-electron chi connectivity index (χ0n) is 14.7. The highest BCUT2D eigenvalue weighted by atomic mass is 35.5. The van der Waals surface area contributed by atoms with E-state index in [0.717, 1.165) is 43.5 Å². The first kappa shape index (κ1) is 19.7. The standard InChI is InChI=1S/C19H27N3O2.ClH/c1-13(21-18(23)12-15-6-3-8-17(15)20)14-5-2-7-16(11-14)22-10-4-9-19(22)24;/h2,5,7,11,13,15,17H,3-4,6,8-10,12,20H2,1H3,(H,21,23);1H/t13?,15-,17+;/m0./s1. The van der Waals surface area contributed by atoms with E-state index in [1.807, 2.05) is 36.1 Å². The molecule has 6 heteroatoms. The Kier molecular flexibility index (Phi) is 6.85. The van der Waals surface area contributed by atoms with Gasteiger partial charge in [0, 0.05) is 31.1 Å². The van der Waals surface area contributed by atoms with Crippen LogP contribution >= 0.6 is 12.4 Å². The number of nitrogens with zero attached hydrogens (tertiary/aromatic N) is 1. The zero-order valence-corrected chi connectivity index (χ0v) is 15.6. The van der Waals surface area contributed by atoms with Gasteiger partial charge in [0.25, 0.3) is 0 Å². The number of amides is 2. The SMILES string of the molecule is CC(NC(=O)C[C@@H]1CCC[C@H]1N)c1cccc(N2CCCC2=O)c1.Cl. The third kappa shape index (κ3) is 4.73. The lowest BCUT2D eigenvalue weighted by Crippen LogP contribution is -2.33. The van der Waals surface area contributed by atoms with Gasteiger partial charge in [-0.3, -0.25) is 9.59 Å². The highest BCUT2D eigenvalue weighted by molar-refractivity contribution is 5.95. The Hall–Kier alpha value is -1.59. The molecule has 0 aromatic heterocycles. The fourth-order valence-electron chi connectivity index (χ4n) is 3.82. The predicted octanol–water partition coefficient (Wildman–Crippen LogP) is 2.93. The molecule has 1 aromatic rings. The van der Waals surface area contributed by atoms with Gasteiger partial charge in [0.15, 0.2) is 0 Å². The Bertz CT molecular complexity index is 622. The van der Waals surface area contributed by atoms with Crippen molar-refractivity contribution in [2.24, 2.45) is 11.7 Å². The molecule has 3 atom stereocenters. The number of carbonyl (C=O) groups is 2. The lowest BCUT2D eigenvalue weighted by atomic mass is 9.99. The van der Waals surface area contributed by atoms with Crippen LogP contribution < -0.4 is 16.0 Å². The average molecular weight is 366 g/mol. The molecule has 25 heavy (non-hydrogen) atoms. The number of anilines is 1. The van der Waals surface area contributed by atoms with E-state index < -0.39 is 0 Å². The molecular formula is C19H28ClN3O2. The molecule has 5 nitrogen and oxygen atoms in total. The predicted molar refractivity (Wildman–Crippen MR) is 102 cm³/mol. The van der Waals surface area contributed by atoms with Crippen molar-refractivity contribution in [1.82, 2.24) is 5.32 Å². The van der Waals surface area contributed by atoms with Crippen molar-refractivity contribution < 1.29 is 9.59 Å². The van der Waals surface area contributed by atoms with Gasteiger partial charge >= 0.3 is 0 Å². The summed E-state index contributed by atoms with van der Waals surface area (Å²) in [6, 6.07) is 8.00. The van der Waals surface area contributed by atoms with E-state index in [1.54, 1.807) is 0 Å². The van der Waals surface area contributed by atoms with E-state index in [0.29, 0.717) is 18.8 Å². The molecule has 1 aliphatic heterocycles. The number of nitrogens with two attached hydrogens (primary N) is 1. The van der Waals surface area contributed by atoms with Crippen LogP contribution in [0.25, 0.3) is 0 Å². The fraction of sp³-hybridized carbons (Fsp3) is 0.579. The second kappa shape index (κ2) is 8.68. The molecule has 2 fully saturated rings. The van der Waals surface area contributed by atoms with E-state index in [1.165, 1.54) is 0 Å². The summed E-state index contributed by atoms with van der Waals surface area (Å²) < 4.78 is 0. The van der Waals surface area contributed by atoms with Crippen LogP contribution in [0.2, 0.25) is 0 Å². The van der Waals surface area contributed by atoms with Gasteiger partial charge in [-0.2, -0.15) is 0 Å². The molecule has 1 saturated carbocycles. The number of rotatable bonds is 5. The van der Waals surface area contributed by atoms with Crippen LogP contribution in [0.1, 0.15) is 57.1 Å². The largest absolute Gasteiger partial charge is 0.350 e. The first-order valence-corrected chi connectivity index (χ1v) is 9.00. The minimum Gasteiger partial charge on any atom is -0.350 e. The Labute approximate surface area is 155 Å². The molecule has 0 spiro atoms. The summed E-state index contributed by atoms with van der Waals surface area (Å²) in [6.45, 7) is 2.76. The second-order valence-electron chi connectivity index (χ2n) is 7.09. The van der Waals surface area contributed by atoms with Crippen LogP contribution in [0.4, 0.5) is 5.69 Å². The van der Waals surface area contributed by atoms with Gasteiger partial charge in [0.1, 0.15) is 0 Å². The van der Waals surface area contributed by atoms with Gasteiger partial charge in [0.05, 0.1) is 6.04 Å². The molecule has 1 saturated heterocycles. The minimum absolute atomic E-state index is 0. The summed E-state index contributed by atoms with van der Waals surface area (Å²) in [6.07, 6.45) is 5.25. The number of hydrogen-bond acceptors (Lipinski definition) is 3. The Morgan fingerprint density at radius 2 is 2.16 bits per heavy atom. The van der Waals surface area contributed by atoms with Gasteiger partial charge < -0.3 is 16.0 Å². The van der Waals surface area contributed by atoms with E-state index in [2.05, 4.69) is 5.32 Å². The third-order valence-corrected chi connectivity index (χ3v) is 5.30. The van der Waals surface area contributed by atoms with Crippen LogP contribution in [0, 0.1) is 5.92 Å². The molecule has 1 aromatic carbocycles. The van der Waals surface area contributed by atoms with Crippen LogP contribution in [0.3, 0.4) is 0 Å². The van der Waals surface area contributed by atoms with Gasteiger partial charge in [-0.25, -0.2) is 0 Å². The molecule has 0 bridgehead atoms. The highest BCUT2D eigenvalue weighted by Crippen LogP contribution is 2.28. The smallest absolute Gasteiger partial charge is 0.227 e. The quantitative estimate of drug-likeness (QED) is 0.842. The van der Waals surface area contributed by atoms with Gasteiger partial charge in [-0.05, 0) is 49.8 Å². The molecular weight excluding hydrogens is 338 g/mol. The number of hydrogen-bond donors (Lipinski definition) is 2. The summed E-state index contributed by atoms with van der Waals surface area (Å²) in [5, 5.41) is 3.07. The van der Waals surface area contributed by atoms with Crippen LogP contribution in [0.15, 0.2) is 24.3 Å². The van der Waals surface area contributed by atoms with Crippen molar-refractivity contribution in [3.63, 3.8) is 0 Å². The molecule has 1 aliphatic carbocycles. The lowest BCUT2D eigenvalue weighted by molar-refractivity contribution is -0.122. The highest BCUT2D eigenvalue weighted by Gasteiger charge is 2.27. The van der Waals surface area contributed by atoms with E-state index in [9.17, 15) is 9.59 Å². The van der Waals surface area contributed by atoms with Crippen molar-refractivity contribution in [3.8, 4) is 0 Å². The molecule has 3 rings (SSSR count). The Balaban J connectivity index is 0.00000225. The Morgan fingerprint density at radius 1 is 1.36 bits per heavy atom. The molecule has 138 valence electrons. The summed E-state index contributed by atoms with van der Waals surface area (Å²) in [7, 11) is 0. The molecule has 1 heterocycles. The average Bonchev–Trinajstić information content (AvgIpc) is 3.16. The summed E-state index contributed by atoms with van der Waals surface area (Å²) in [5.74, 6) is 0.553. The summed E-state index contributed by atoms with van der Waals surface area (Å²) in [5.41, 5.74) is 8.00. The molecule has 2 aliphatic rings. The zero-order chi connectivity index (χ0) is 17.1. The van der Waals surface area contributed by atoms with Crippen LogP contribution in [-0.2, 0) is 9.59 Å². The molecule has 1 unspecified atom stereocenters. The maximum atomic E-state index is 12.3. The van der Waals surface area contributed by atoms with Crippen molar-refractivity contribution in [2.75, 3.05) is 11.4 Å². The van der Waals surface area contributed by atoms with Crippen LogP contribution in [-0.4, -0.2) is 24.4 Å². The number of carbonyl (C=O) groups excluding carboxylic acids is 2. The van der Waals surface area contributed by atoms with Gasteiger partial charge in [0.2, 0.25) is 11.8 Å². The Morgan fingerprint density at radius 3 is 2.80 bits per heavy atom. The van der Waals surface area contributed by atoms with E-state index in [4.69, 9.17) is 5.73 Å². The minimum atomic E-state index is -0.0761. The molecule has 2 amide bonds. The van der Waals surface area contributed by atoms with Crippen molar-refractivity contribution >= 4 is 29.9 Å². The number of halogens is 1. The third-order valence-electron chi connectivity index (χ3n) is 5.30. The second-order valence-corrected chi connectivity index (χ2v) is 7.09. The summed E-state index contributed by atoms with van der Waals surface area (Å²) >= 11 is 0. The number of benzene rings is 1. The van der Waals surface area contributed by atoms with E-state index >= 15 is 0 Å². The topological polar surface area (TPSA) is 75.4 Å². The van der Waals surface area contributed by atoms with Crippen molar-refractivity contribution in [3.05, 3.63) is 29.8 Å². The maximum absolute atomic E-state index is 12.3. The van der Waals surface area contributed by atoms with Crippen molar-refractivity contribution in [2.45, 2.75) is 57.5 Å². The lowest BCUT2D eigenvalue weighted by Gasteiger charge is -2.21. The van der Waals surface area contributed by atoms with Gasteiger partial charge in [-0.1, -0.05) is 18.6 Å². The summed E-state index contributed by atoms with van der Waals surface area (Å²) in [4.78, 5) is 26.0. The van der Waals surface area contributed by atoms with Crippen LogP contribution in [0.5, 0.6) is 0 Å². The van der Waals surface area contributed by atoms with E-state index in [-0.39, 0.29) is 36.3 Å². The monoisotopic (exact) mass is 365 g/mol. The molecule has 3 N–H and O–H groups in total.